The summed E-state index contributed by atoms with van der Waals surface area (Å²) in [6, 6.07) is 0.494. The number of aromatic nitrogens is 3. The maximum absolute atomic E-state index is 5.72. The maximum Gasteiger partial charge on any atom is 0.324 e. The van der Waals surface area contributed by atoms with Crippen molar-refractivity contribution in [3.8, 4) is 12.0 Å². The average Bonchev–Trinajstić information content (AvgIpc) is 2.46. The number of nitrogens with zero attached hydrogens (tertiary/aromatic N) is 4. The Bertz CT molecular complexity index is 381. The van der Waals surface area contributed by atoms with E-state index in [2.05, 4.69) is 15.0 Å². The topological polar surface area (TPSA) is 95.6 Å². The third-order valence-corrected chi connectivity index (χ3v) is 2.70. The Morgan fingerprint density at radius 1 is 1.28 bits per heavy atom. The van der Waals surface area contributed by atoms with Gasteiger partial charge in [0.15, 0.2) is 0 Å². The van der Waals surface area contributed by atoms with E-state index in [-0.39, 0.29) is 18.1 Å². The molecule has 1 fully saturated rings. The van der Waals surface area contributed by atoms with Crippen LogP contribution >= 0.6 is 0 Å². The molecule has 8 nitrogen and oxygen atoms in total. The SMILES string of the molecule is COc1nc(OC)nc(N2CCOCC2CN)n1. The lowest BCUT2D eigenvalue weighted by Gasteiger charge is -2.34. The Morgan fingerprint density at radius 3 is 2.50 bits per heavy atom. The van der Waals surface area contributed by atoms with Crippen LogP contribution in [0.15, 0.2) is 0 Å². The molecule has 0 aliphatic carbocycles. The van der Waals surface area contributed by atoms with Gasteiger partial charge in [-0.15, -0.1) is 4.98 Å². The number of hydrogen-bond acceptors (Lipinski definition) is 8. The summed E-state index contributed by atoms with van der Waals surface area (Å²) in [4.78, 5) is 14.4. The highest BCUT2D eigenvalue weighted by atomic mass is 16.5. The second-order valence-electron chi connectivity index (χ2n) is 3.77. The summed E-state index contributed by atoms with van der Waals surface area (Å²) in [5, 5.41) is 0. The second kappa shape index (κ2) is 5.78. The molecule has 1 aliphatic heterocycles. The Kier molecular flexibility index (Phi) is 4.11. The summed E-state index contributed by atoms with van der Waals surface area (Å²) in [6.07, 6.45) is 0. The van der Waals surface area contributed by atoms with Crippen molar-refractivity contribution in [3.05, 3.63) is 0 Å². The largest absolute Gasteiger partial charge is 0.467 e. The van der Waals surface area contributed by atoms with Gasteiger partial charge in [0.2, 0.25) is 5.95 Å². The molecule has 1 unspecified atom stereocenters. The Morgan fingerprint density at radius 2 is 1.94 bits per heavy atom. The standard InChI is InChI=1S/C10H17N5O3/c1-16-9-12-8(13-10(14-9)17-2)15-3-4-18-6-7(15)5-11/h7H,3-6,11H2,1-2H3. The lowest BCUT2D eigenvalue weighted by atomic mass is 10.2. The van der Waals surface area contributed by atoms with Crippen molar-refractivity contribution in [2.45, 2.75) is 6.04 Å². The van der Waals surface area contributed by atoms with Crippen molar-refractivity contribution in [1.82, 2.24) is 15.0 Å². The fraction of sp³-hybridized carbons (Fsp3) is 0.700. The smallest absolute Gasteiger partial charge is 0.324 e. The molecule has 1 aliphatic rings. The highest BCUT2D eigenvalue weighted by Gasteiger charge is 2.25. The molecule has 1 atom stereocenters. The van der Waals surface area contributed by atoms with E-state index in [0.717, 1.165) is 0 Å². The molecule has 1 aromatic rings. The first kappa shape index (κ1) is 12.8. The van der Waals surface area contributed by atoms with Gasteiger partial charge in [-0.05, 0) is 0 Å². The summed E-state index contributed by atoms with van der Waals surface area (Å²) < 4.78 is 15.4. The second-order valence-corrected chi connectivity index (χ2v) is 3.77. The van der Waals surface area contributed by atoms with Gasteiger partial charge in [0.25, 0.3) is 0 Å². The van der Waals surface area contributed by atoms with Crippen LogP contribution in [-0.4, -0.2) is 61.5 Å². The van der Waals surface area contributed by atoms with Gasteiger partial charge in [-0.25, -0.2) is 0 Å². The van der Waals surface area contributed by atoms with Crippen LogP contribution < -0.4 is 20.1 Å². The van der Waals surface area contributed by atoms with E-state index in [0.29, 0.717) is 32.3 Å². The molecule has 2 heterocycles. The number of morpholine rings is 1. The number of rotatable bonds is 4. The zero-order valence-electron chi connectivity index (χ0n) is 10.5. The van der Waals surface area contributed by atoms with E-state index in [9.17, 15) is 0 Å². The van der Waals surface area contributed by atoms with Crippen molar-refractivity contribution in [1.29, 1.82) is 0 Å². The summed E-state index contributed by atoms with van der Waals surface area (Å²) >= 11 is 0. The first-order chi connectivity index (χ1) is 8.78. The monoisotopic (exact) mass is 255 g/mol. The first-order valence-corrected chi connectivity index (χ1v) is 5.67. The minimum absolute atomic E-state index is 0.0514. The van der Waals surface area contributed by atoms with Gasteiger partial charge >= 0.3 is 12.0 Å². The van der Waals surface area contributed by atoms with E-state index in [1.807, 2.05) is 4.90 Å². The van der Waals surface area contributed by atoms with E-state index in [4.69, 9.17) is 19.9 Å². The molecule has 1 aromatic heterocycles. The van der Waals surface area contributed by atoms with Crippen LogP contribution in [0.3, 0.4) is 0 Å². The van der Waals surface area contributed by atoms with Gasteiger partial charge in [0.1, 0.15) is 0 Å². The van der Waals surface area contributed by atoms with Crippen molar-refractivity contribution in [3.63, 3.8) is 0 Å². The summed E-state index contributed by atoms with van der Waals surface area (Å²) in [7, 11) is 3.00. The van der Waals surface area contributed by atoms with Crippen molar-refractivity contribution < 1.29 is 14.2 Å². The first-order valence-electron chi connectivity index (χ1n) is 5.67. The highest BCUT2D eigenvalue weighted by Crippen LogP contribution is 2.19. The zero-order valence-corrected chi connectivity index (χ0v) is 10.5. The molecule has 2 N–H and O–H groups in total. The third kappa shape index (κ3) is 2.59. The van der Waals surface area contributed by atoms with Crippen molar-refractivity contribution >= 4 is 5.95 Å². The lowest BCUT2D eigenvalue weighted by Crippen LogP contribution is -2.50. The van der Waals surface area contributed by atoms with Gasteiger partial charge in [-0.3, -0.25) is 0 Å². The molecule has 18 heavy (non-hydrogen) atoms. The number of ether oxygens (including phenoxy) is 3. The zero-order chi connectivity index (χ0) is 13.0. The molecule has 1 saturated heterocycles. The third-order valence-electron chi connectivity index (χ3n) is 2.70. The van der Waals surface area contributed by atoms with Gasteiger partial charge in [0.05, 0.1) is 33.5 Å². The Hall–Kier alpha value is -1.67. The van der Waals surface area contributed by atoms with E-state index in [1.165, 1.54) is 14.2 Å². The van der Waals surface area contributed by atoms with Crippen LogP contribution in [0, 0.1) is 0 Å². The minimum atomic E-state index is 0.0514. The normalized spacial score (nSPS) is 19.7. The van der Waals surface area contributed by atoms with Crippen LogP contribution in [0.4, 0.5) is 5.95 Å². The quantitative estimate of drug-likeness (QED) is 0.736. The van der Waals surface area contributed by atoms with Gasteiger partial charge in [-0.1, -0.05) is 0 Å². The fourth-order valence-corrected chi connectivity index (χ4v) is 1.75. The molecule has 0 bridgehead atoms. The molecule has 2 rings (SSSR count). The number of methoxy groups -OCH3 is 2. The molecule has 8 heteroatoms. The molecule has 0 amide bonds. The predicted octanol–water partition coefficient (Wildman–Crippen LogP) is -0.947. The minimum Gasteiger partial charge on any atom is -0.467 e. The Labute approximate surface area is 105 Å². The summed E-state index contributed by atoms with van der Waals surface area (Å²) in [5.74, 6) is 0.498. The fourth-order valence-electron chi connectivity index (χ4n) is 1.75. The number of hydrogen-bond donors (Lipinski definition) is 1. The average molecular weight is 255 g/mol. The highest BCUT2D eigenvalue weighted by molar-refractivity contribution is 5.34. The molecule has 0 saturated carbocycles. The van der Waals surface area contributed by atoms with Crippen molar-refractivity contribution in [2.75, 3.05) is 45.4 Å². The summed E-state index contributed by atoms with van der Waals surface area (Å²) in [6.45, 7) is 2.33. The van der Waals surface area contributed by atoms with Crippen LogP contribution in [0.5, 0.6) is 12.0 Å². The van der Waals surface area contributed by atoms with E-state index < -0.39 is 0 Å². The van der Waals surface area contributed by atoms with Crippen LogP contribution in [0.25, 0.3) is 0 Å². The lowest BCUT2D eigenvalue weighted by molar-refractivity contribution is 0.0951. The Balaban J connectivity index is 2.29. The molecule has 0 spiro atoms. The molecular weight excluding hydrogens is 238 g/mol. The predicted molar refractivity (Wildman–Crippen MR) is 63.9 cm³/mol. The summed E-state index contributed by atoms with van der Waals surface area (Å²) in [5.41, 5.74) is 5.72. The van der Waals surface area contributed by atoms with Crippen LogP contribution in [0.1, 0.15) is 0 Å². The van der Waals surface area contributed by atoms with E-state index in [1.54, 1.807) is 0 Å². The maximum atomic E-state index is 5.72. The number of nitrogens with two attached hydrogens (primary N) is 1. The number of anilines is 1. The van der Waals surface area contributed by atoms with Gasteiger partial charge in [0, 0.05) is 13.1 Å². The molecule has 0 radical (unpaired) electrons. The molecule has 100 valence electrons. The van der Waals surface area contributed by atoms with Crippen LogP contribution in [0.2, 0.25) is 0 Å². The molecule has 0 aromatic carbocycles. The van der Waals surface area contributed by atoms with E-state index >= 15 is 0 Å². The van der Waals surface area contributed by atoms with Gasteiger partial charge in [-0.2, -0.15) is 9.97 Å². The van der Waals surface area contributed by atoms with Crippen molar-refractivity contribution in [2.24, 2.45) is 5.73 Å². The van der Waals surface area contributed by atoms with Crippen LogP contribution in [-0.2, 0) is 4.74 Å². The molecular formula is C10H17N5O3. The van der Waals surface area contributed by atoms with Gasteiger partial charge < -0.3 is 24.8 Å².